The number of hydrogen-bond acceptors (Lipinski definition) is 4. The maximum atomic E-state index is 11.6. The van der Waals surface area contributed by atoms with Crippen LogP contribution in [-0.2, 0) is 11.3 Å². The monoisotopic (exact) mass is 382 g/mol. The summed E-state index contributed by atoms with van der Waals surface area (Å²) in [7, 11) is 0. The number of guanidine groups is 1. The maximum Gasteiger partial charge on any atom is 0.320 e. The number of nitrogens with one attached hydrogen (secondary N) is 1. The van der Waals surface area contributed by atoms with Crippen LogP contribution in [-0.4, -0.2) is 34.8 Å². The topological polar surface area (TPSA) is 138 Å². The van der Waals surface area contributed by atoms with Crippen molar-refractivity contribution in [2.24, 2.45) is 16.5 Å². The fourth-order valence-electron chi connectivity index (χ4n) is 3.33. The summed E-state index contributed by atoms with van der Waals surface area (Å²) in [4.78, 5) is 15.5. The van der Waals surface area contributed by atoms with Gasteiger partial charge in [0.05, 0.1) is 10.8 Å². The van der Waals surface area contributed by atoms with Crippen molar-refractivity contribution in [3.8, 4) is 0 Å². The molecule has 1 heterocycles. The summed E-state index contributed by atoms with van der Waals surface area (Å²) in [5.41, 5.74) is 12.9. The Bertz CT molecular complexity index is 974. The van der Waals surface area contributed by atoms with Gasteiger partial charge in [-0.3, -0.25) is 15.0 Å². The van der Waals surface area contributed by atoms with Crippen LogP contribution in [0.2, 0.25) is 0 Å². The second-order valence-corrected chi connectivity index (χ2v) is 6.55. The molecule has 1 atom stereocenters. The maximum absolute atomic E-state index is 11.6. The summed E-state index contributed by atoms with van der Waals surface area (Å²) in [5.74, 6) is -0.925. The average molecular weight is 382 g/mol. The van der Waals surface area contributed by atoms with Crippen LogP contribution in [0.5, 0.6) is 0 Å². The number of benzene rings is 2. The van der Waals surface area contributed by atoms with Crippen LogP contribution in [0.25, 0.3) is 21.8 Å². The van der Waals surface area contributed by atoms with Crippen molar-refractivity contribution >= 4 is 33.7 Å². The van der Waals surface area contributed by atoms with Gasteiger partial charge in [0.15, 0.2) is 5.96 Å². The molecular weight excluding hydrogens is 358 g/mol. The van der Waals surface area contributed by atoms with Gasteiger partial charge < -0.3 is 21.9 Å². The first kappa shape index (κ1) is 19.4. The second-order valence-electron chi connectivity index (χ2n) is 6.55. The molecule has 28 heavy (non-hydrogen) atoms. The number of pyridine rings is 1. The molecule has 0 aliphatic carbocycles. The minimum Gasteiger partial charge on any atom is -0.480 e. The van der Waals surface area contributed by atoms with Gasteiger partial charge in [-0.25, -0.2) is 0 Å². The summed E-state index contributed by atoms with van der Waals surface area (Å²) in [5, 5.41) is 24.9. The zero-order chi connectivity index (χ0) is 20.1. The molecule has 0 radical (unpaired) electrons. The van der Waals surface area contributed by atoms with Crippen LogP contribution in [0, 0.1) is 0 Å². The number of carbonyl (C=O) groups is 1. The number of nitrogens with zero attached hydrogens (tertiary/aromatic N) is 2. The van der Waals surface area contributed by atoms with E-state index < -0.39 is 12.0 Å². The second kappa shape index (κ2) is 8.53. The average Bonchev–Trinajstić information content (AvgIpc) is 2.69. The van der Waals surface area contributed by atoms with Gasteiger partial charge in [0.2, 0.25) is 0 Å². The fraction of sp³-hybridized carbons (Fsp3) is 0.250. The van der Waals surface area contributed by atoms with Crippen molar-refractivity contribution in [2.75, 3.05) is 6.54 Å². The van der Waals surface area contributed by atoms with Gasteiger partial charge in [-0.2, -0.15) is 0 Å². The van der Waals surface area contributed by atoms with E-state index in [1.54, 1.807) is 0 Å². The number of nitrogens with two attached hydrogens (primary N) is 2. The Morgan fingerprint density at radius 2 is 1.64 bits per heavy atom. The minimum atomic E-state index is -0.925. The first-order chi connectivity index (χ1) is 13.5. The van der Waals surface area contributed by atoms with Crippen LogP contribution in [0.1, 0.15) is 18.4 Å². The van der Waals surface area contributed by atoms with E-state index in [0.29, 0.717) is 37.0 Å². The first-order valence-corrected chi connectivity index (χ1v) is 9.04. The third-order valence-electron chi connectivity index (χ3n) is 4.68. The zero-order valence-corrected chi connectivity index (χ0v) is 15.4. The predicted molar refractivity (Wildman–Crippen MR) is 107 cm³/mol. The number of rotatable bonds is 8. The van der Waals surface area contributed by atoms with E-state index in [2.05, 4.69) is 10.3 Å². The number of aliphatic carboxylic acids is 1. The molecule has 1 aromatic heterocycles. The molecule has 7 N–H and O–H groups in total. The molecule has 0 aliphatic heterocycles. The number of aromatic nitrogens is 1. The molecule has 0 amide bonds. The van der Waals surface area contributed by atoms with Crippen LogP contribution >= 0.6 is 0 Å². The van der Waals surface area contributed by atoms with Gasteiger partial charge >= 0.3 is 5.97 Å². The van der Waals surface area contributed by atoms with Crippen molar-refractivity contribution in [1.29, 1.82) is 0 Å². The summed E-state index contributed by atoms with van der Waals surface area (Å²) >= 11 is 0. The lowest BCUT2D eigenvalue weighted by Crippen LogP contribution is -2.37. The van der Waals surface area contributed by atoms with E-state index in [0.717, 1.165) is 21.1 Å². The van der Waals surface area contributed by atoms with Gasteiger partial charge in [0.25, 0.3) is 11.0 Å². The van der Waals surface area contributed by atoms with E-state index in [1.807, 2.05) is 48.5 Å². The van der Waals surface area contributed by atoms with Gasteiger partial charge in [0.1, 0.15) is 6.04 Å². The van der Waals surface area contributed by atoms with Crippen LogP contribution < -0.4 is 21.5 Å². The summed E-state index contributed by atoms with van der Waals surface area (Å²) < 4.78 is 1.16. The lowest BCUT2D eigenvalue weighted by atomic mass is 10.0. The van der Waals surface area contributed by atoms with Crippen molar-refractivity contribution < 1.29 is 19.8 Å². The smallest absolute Gasteiger partial charge is 0.320 e. The molecule has 0 spiro atoms. The molecule has 0 saturated carbocycles. The third kappa shape index (κ3) is 4.12. The Labute approximate surface area is 162 Å². The lowest BCUT2D eigenvalue weighted by molar-refractivity contribution is -0.864. The van der Waals surface area contributed by atoms with E-state index >= 15 is 0 Å². The number of carboxylic acids is 1. The summed E-state index contributed by atoms with van der Waals surface area (Å²) in [6.45, 7) is 0.733. The van der Waals surface area contributed by atoms with E-state index in [4.69, 9.17) is 11.5 Å². The van der Waals surface area contributed by atoms with E-state index in [9.17, 15) is 15.1 Å². The molecule has 8 heteroatoms. The number of hydrogen-bond donors (Lipinski definition) is 5. The minimum absolute atomic E-state index is 0.000586. The molecule has 0 aliphatic rings. The highest BCUT2D eigenvalue weighted by atomic mass is 16.5. The Balaban J connectivity index is 1.89. The first-order valence-electron chi connectivity index (χ1n) is 9.04. The fourth-order valence-corrected chi connectivity index (χ4v) is 3.33. The van der Waals surface area contributed by atoms with Crippen LogP contribution in [0.4, 0.5) is 0 Å². The van der Waals surface area contributed by atoms with Gasteiger partial charge in [-0.05, 0) is 30.5 Å². The van der Waals surface area contributed by atoms with Gasteiger partial charge in [-0.1, -0.05) is 24.3 Å². The van der Waals surface area contributed by atoms with E-state index in [1.165, 1.54) is 0 Å². The van der Waals surface area contributed by atoms with Crippen molar-refractivity contribution in [3.05, 3.63) is 54.1 Å². The summed E-state index contributed by atoms with van der Waals surface area (Å²) in [6.07, 6.45) is 0.948. The Morgan fingerprint density at radius 3 is 2.18 bits per heavy atom. The van der Waals surface area contributed by atoms with Crippen molar-refractivity contribution in [1.82, 2.24) is 5.32 Å². The molecule has 146 valence electrons. The van der Waals surface area contributed by atoms with Crippen LogP contribution in [0.3, 0.4) is 0 Å². The van der Waals surface area contributed by atoms with Crippen molar-refractivity contribution in [3.63, 3.8) is 0 Å². The van der Waals surface area contributed by atoms with Crippen molar-refractivity contribution in [2.45, 2.75) is 25.4 Å². The molecule has 1 unspecified atom stereocenters. The number of fused-ring (bicyclic) bond motifs is 2. The molecule has 0 bridgehead atoms. The highest BCUT2D eigenvalue weighted by Crippen LogP contribution is 2.24. The molecular formula is C20H24N5O3+. The third-order valence-corrected chi connectivity index (χ3v) is 4.68. The molecule has 3 rings (SSSR count). The van der Waals surface area contributed by atoms with Gasteiger partial charge in [0, 0.05) is 30.0 Å². The molecule has 2 aromatic carbocycles. The lowest BCUT2D eigenvalue weighted by Gasteiger charge is -2.15. The largest absolute Gasteiger partial charge is 0.480 e. The zero-order valence-electron chi connectivity index (χ0n) is 15.4. The Kier molecular flexibility index (Phi) is 5.90. The molecule has 3 aromatic rings. The number of aliphatic imine (C=N–C) groups is 1. The number of carboxylic acid groups (broad SMARTS) is 1. The standard InChI is InChI=1S/C20H23N5O3/c21-20(22)23-11-5-8-16(19(26)27)24-12-15-13-6-1-3-9-17(13)25(28)18-10-4-2-7-14(15)18/h1-4,6-7,9-10,16,24H,5,8,11-12H2,(H5-,21,22,23,26,27,28)/p+1. The molecule has 0 fully saturated rings. The Morgan fingerprint density at radius 1 is 1.07 bits per heavy atom. The highest BCUT2D eigenvalue weighted by molar-refractivity contribution is 5.93. The SMILES string of the molecule is NC(N)=NCCCC(NCc1c2ccccc2[n+](O)c2ccccc12)C(=O)O. The predicted octanol–water partition coefficient (Wildman–Crippen LogP) is 1.11. The number of para-hydroxylation sites is 2. The normalized spacial score (nSPS) is 12.1. The van der Waals surface area contributed by atoms with Gasteiger partial charge in [-0.15, -0.1) is 0 Å². The highest BCUT2D eigenvalue weighted by Gasteiger charge is 2.22. The Hall–Kier alpha value is -3.39. The quantitative estimate of drug-likeness (QED) is 0.0988. The van der Waals surface area contributed by atoms with Crippen LogP contribution in [0.15, 0.2) is 53.5 Å². The molecule has 0 saturated heterocycles. The molecule has 8 nitrogen and oxygen atoms in total. The van der Waals surface area contributed by atoms with E-state index in [-0.39, 0.29) is 5.96 Å². The summed E-state index contributed by atoms with van der Waals surface area (Å²) in [6, 6.07) is 14.3.